The fraction of sp³-hybridized carbons (Fsp3) is 0.400. The fourth-order valence-corrected chi connectivity index (χ4v) is 2.50. The second kappa shape index (κ2) is 6.87. The van der Waals surface area contributed by atoms with Crippen LogP contribution in [0.2, 0.25) is 0 Å². The molecule has 0 saturated carbocycles. The largest absolute Gasteiger partial charge is 0.380 e. The molecule has 0 N–H and O–H groups in total. The van der Waals surface area contributed by atoms with E-state index in [1.165, 1.54) is 11.1 Å². The van der Waals surface area contributed by atoms with Gasteiger partial charge in [-0.25, -0.2) is 0 Å². The maximum Gasteiger partial charge on any atom is 0.254 e. The Hall–Kier alpha value is -1.13. The number of amides is 1. The van der Waals surface area contributed by atoms with Gasteiger partial charge in [0, 0.05) is 31.1 Å². The Kier molecular flexibility index (Phi) is 5.16. The Balaban J connectivity index is 2.00. The van der Waals surface area contributed by atoms with Gasteiger partial charge >= 0.3 is 0 Å². The molecule has 0 aliphatic carbocycles. The van der Waals surface area contributed by atoms with Crippen molar-refractivity contribution in [2.24, 2.45) is 0 Å². The van der Waals surface area contributed by atoms with Crippen molar-refractivity contribution < 1.29 is 9.53 Å². The van der Waals surface area contributed by atoms with E-state index in [4.69, 9.17) is 4.74 Å². The van der Waals surface area contributed by atoms with Crippen molar-refractivity contribution in [1.82, 2.24) is 4.90 Å². The van der Waals surface area contributed by atoms with E-state index in [0.717, 1.165) is 23.9 Å². The Bertz CT molecular complexity index is 468. The van der Waals surface area contributed by atoms with E-state index in [0.29, 0.717) is 13.2 Å². The van der Waals surface area contributed by atoms with E-state index in [1.54, 1.807) is 7.11 Å². The zero-order valence-electron chi connectivity index (χ0n) is 11.1. The number of hydrogen-bond acceptors (Lipinski definition) is 2. The van der Waals surface area contributed by atoms with Gasteiger partial charge in [-0.15, -0.1) is 0 Å². The van der Waals surface area contributed by atoms with Crippen molar-refractivity contribution in [2.75, 3.05) is 26.8 Å². The summed E-state index contributed by atoms with van der Waals surface area (Å²) in [5.74, 6) is 0.105. The minimum atomic E-state index is 0.105. The topological polar surface area (TPSA) is 29.5 Å². The van der Waals surface area contributed by atoms with E-state index in [2.05, 4.69) is 22.0 Å². The average molecular weight is 324 g/mol. The predicted molar refractivity (Wildman–Crippen MR) is 79.6 cm³/mol. The number of benzene rings is 1. The molecule has 3 nitrogen and oxygen atoms in total. The highest BCUT2D eigenvalue weighted by Gasteiger charge is 2.18. The van der Waals surface area contributed by atoms with Crippen LogP contribution in [0.25, 0.3) is 0 Å². The maximum absolute atomic E-state index is 12.3. The Morgan fingerprint density at radius 2 is 2.11 bits per heavy atom. The predicted octanol–water partition coefficient (Wildman–Crippen LogP) is 3.00. The second-order valence-electron chi connectivity index (χ2n) is 4.63. The summed E-state index contributed by atoms with van der Waals surface area (Å²) in [6.07, 6.45) is 3.00. The summed E-state index contributed by atoms with van der Waals surface area (Å²) in [4.78, 5) is 14.2. The third-order valence-corrected chi connectivity index (χ3v) is 3.92. The first-order valence-corrected chi connectivity index (χ1v) is 7.47. The molecule has 102 valence electrons. The summed E-state index contributed by atoms with van der Waals surface area (Å²) in [7, 11) is 1.70. The number of alkyl halides is 1. The van der Waals surface area contributed by atoms with Crippen LogP contribution in [0.1, 0.15) is 22.3 Å². The lowest BCUT2D eigenvalue weighted by atomic mass is 10.1. The van der Waals surface area contributed by atoms with Gasteiger partial charge in [0.2, 0.25) is 0 Å². The molecule has 19 heavy (non-hydrogen) atoms. The highest BCUT2D eigenvalue weighted by atomic mass is 79.9. The van der Waals surface area contributed by atoms with Gasteiger partial charge in [-0.3, -0.25) is 4.79 Å². The molecule has 0 saturated heterocycles. The maximum atomic E-state index is 12.3. The Morgan fingerprint density at radius 3 is 2.63 bits per heavy atom. The number of carbonyl (C=O) groups is 1. The van der Waals surface area contributed by atoms with E-state index in [-0.39, 0.29) is 5.91 Å². The van der Waals surface area contributed by atoms with Crippen LogP contribution in [0.15, 0.2) is 35.9 Å². The van der Waals surface area contributed by atoms with Crippen LogP contribution >= 0.6 is 15.9 Å². The molecule has 0 unspecified atom stereocenters. The van der Waals surface area contributed by atoms with E-state index < -0.39 is 0 Å². The lowest BCUT2D eigenvalue weighted by Gasteiger charge is -2.26. The number of nitrogens with zero attached hydrogens (tertiary/aromatic N) is 1. The van der Waals surface area contributed by atoms with Gasteiger partial charge in [-0.2, -0.15) is 0 Å². The summed E-state index contributed by atoms with van der Waals surface area (Å²) in [5, 5.41) is 0.814. The normalized spacial score (nSPS) is 15.3. The molecule has 1 aromatic rings. The molecule has 0 radical (unpaired) electrons. The van der Waals surface area contributed by atoms with Gasteiger partial charge in [0.15, 0.2) is 0 Å². The molecule has 1 aliphatic rings. The third-order valence-electron chi connectivity index (χ3n) is 3.28. The molecule has 4 heteroatoms. The summed E-state index contributed by atoms with van der Waals surface area (Å²) < 4.78 is 5.11. The van der Waals surface area contributed by atoms with Gasteiger partial charge in [0.25, 0.3) is 5.91 Å². The standard InChI is InChI=1S/C15H18BrNO2/c1-19-11-13-6-8-17(9-7-13)15(18)14-4-2-12(10-16)3-5-14/h2-6H,7-11H2,1H3. The molecule has 1 amide bonds. The Labute approximate surface area is 122 Å². The molecule has 1 heterocycles. The van der Waals surface area contributed by atoms with Gasteiger partial charge in [-0.05, 0) is 29.7 Å². The van der Waals surface area contributed by atoms with Crippen LogP contribution < -0.4 is 0 Å². The van der Waals surface area contributed by atoms with Crippen LogP contribution in [0.3, 0.4) is 0 Å². The molecule has 1 aromatic carbocycles. The molecule has 0 fully saturated rings. The van der Waals surface area contributed by atoms with E-state index >= 15 is 0 Å². The molecule has 0 atom stereocenters. The zero-order chi connectivity index (χ0) is 13.7. The molecular formula is C15H18BrNO2. The average Bonchev–Trinajstić information content (AvgIpc) is 2.48. The third kappa shape index (κ3) is 3.67. The van der Waals surface area contributed by atoms with Crippen molar-refractivity contribution >= 4 is 21.8 Å². The van der Waals surface area contributed by atoms with Crippen molar-refractivity contribution in [1.29, 1.82) is 0 Å². The number of carbonyl (C=O) groups excluding carboxylic acids is 1. The van der Waals surface area contributed by atoms with Gasteiger partial charge in [0.05, 0.1) is 6.61 Å². The number of rotatable bonds is 4. The molecule has 1 aliphatic heterocycles. The highest BCUT2D eigenvalue weighted by Crippen LogP contribution is 2.15. The van der Waals surface area contributed by atoms with Crippen LogP contribution in [-0.2, 0) is 10.1 Å². The molecule has 2 rings (SSSR count). The Morgan fingerprint density at radius 1 is 1.37 bits per heavy atom. The zero-order valence-corrected chi connectivity index (χ0v) is 12.6. The minimum absolute atomic E-state index is 0.105. The smallest absolute Gasteiger partial charge is 0.254 e. The molecule has 0 spiro atoms. The van der Waals surface area contributed by atoms with Crippen LogP contribution in [-0.4, -0.2) is 37.6 Å². The second-order valence-corrected chi connectivity index (χ2v) is 5.19. The van der Waals surface area contributed by atoms with E-state index in [1.807, 2.05) is 29.2 Å². The summed E-state index contributed by atoms with van der Waals surface area (Å²) in [5.41, 5.74) is 3.21. The summed E-state index contributed by atoms with van der Waals surface area (Å²) >= 11 is 3.40. The number of ether oxygens (including phenoxy) is 1. The summed E-state index contributed by atoms with van der Waals surface area (Å²) in [6.45, 7) is 2.12. The van der Waals surface area contributed by atoms with Gasteiger partial charge in [-0.1, -0.05) is 34.1 Å². The quantitative estimate of drug-likeness (QED) is 0.629. The highest BCUT2D eigenvalue weighted by molar-refractivity contribution is 9.08. The number of methoxy groups -OCH3 is 1. The number of halogens is 1. The van der Waals surface area contributed by atoms with Crippen LogP contribution in [0, 0.1) is 0 Å². The SMILES string of the molecule is COCC1=CCN(C(=O)c2ccc(CBr)cc2)CC1. The lowest BCUT2D eigenvalue weighted by Crippen LogP contribution is -2.35. The molecular weight excluding hydrogens is 306 g/mol. The summed E-state index contributed by atoms with van der Waals surface area (Å²) in [6, 6.07) is 7.76. The van der Waals surface area contributed by atoms with Crippen LogP contribution in [0.4, 0.5) is 0 Å². The van der Waals surface area contributed by atoms with Crippen molar-refractivity contribution in [3.05, 3.63) is 47.0 Å². The van der Waals surface area contributed by atoms with E-state index in [9.17, 15) is 4.79 Å². The van der Waals surface area contributed by atoms with Crippen molar-refractivity contribution in [3.8, 4) is 0 Å². The first kappa shape index (κ1) is 14.3. The molecule has 0 aromatic heterocycles. The first-order valence-electron chi connectivity index (χ1n) is 6.35. The number of hydrogen-bond donors (Lipinski definition) is 0. The lowest BCUT2D eigenvalue weighted by molar-refractivity contribution is 0.0765. The van der Waals surface area contributed by atoms with Gasteiger partial charge in [0.1, 0.15) is 0 Å². The van der Waals surface area contributed by atoms with Crippen molar-refractivity contribution in [2.45, 2.75) is 11.8 Å². The first-order chi connectivity index (χ1) is 9.24. The monoisotopic (exact) mass is 323 g/mol. The molecule has 0 bridgehead atoms. The van der Waals surface area contributed by atoms with Crippen LogP contribution in [0.5, 0.6) is 0 Å². The minimum Gasteiger partial charge on any atom is -0.380 e. The fourth-order valence-electron chi connectivity index (χ4n) is 2.13. The van der Waals surface area contributed by atoms with Crippen molar-refractivity contribution in [3.63, 3.8) is 0 Å². The van der Waals surface area contributed by atoms with Gasteiger partial charge < -0.3 is 9.64 Å².